The summed E-state index contributed by atoms with van der Waals surface area (Å²) < 4.78 is 34.1. The van der Waals surface area contributed by atoms with Gasteiger partial charge in [-0.15, -0.1) is 0 Å². The number of phosphoric acid groups is 1. The molecule has 2 atom stereocenters. The molecule has 9 nitrogen and oxygen atoms in total. The van der Waals surface area contributed by atoms with Gasteiger partial charge in [-0.25, -0.2) is 4.57 Å². The number of hydrogen-bond acceptors (Lipinski definition) is 7. The topological polar surface area (TPSA) is 108 Å². The van der Waals surface area contributed by atoms with Crippen molar-refractivity contribution in [1.29, 1.82) is 0 Å². The highest BCUT2D eigenvalue weighted by Crippen LogP contribution is 2.43. The zero-order valence-electron chi connectivity index (χ0n) is 32.2. The van der Waals surface area contributed by atoms with Gasteiger partial charge in [0.05, 0.1) is 27.7 Å². The summed E-state index contributed by atoms with van der Waals surface area (Å²) >= 11 is 0. The fraction of sp³-hybridized carbons (Fsp3) is 0.846. The van der Waals surface area contributed by atoms with Crippen LogP contribution in [0.25, 0.3) is 0 Å². The van der Waals surface area contributed by atoms with Crippen LogP contribution in [0.3, 0.4) is 0 Å². The van der Waals surface area contributed by atoms with E-state index < -0.39 is 26.5 Å². The molecule has 0 bridgehead atoms. The Kier molecular flexibility index (Phi) is 31.4. The number of unbranched alkanes of at least 4 members (excludes halogenated alkanes) is 17. The summed E-state index contributed by atoms with van der Waals surface area (Å²) in [4.78, 5) is 35.1. The standard InChI is InChI=1S/C39H74NO8P/c1-6-8-10-12-14-16-18-19-20-21-22-24-25-27-29-31-38(41)45-35-37(36-47-49(43,44)46-34-33-40(3,4)5)48-39(42)32-30-28-26-23-17-15-13-11-9-7-2/h11,13,19-20,37H,6-10,12,14-18,21-36H2,1-5H3/p+1/b13-11+,20-19-/t37-/m1/s1. The Morgan fingerprint density at radius 1 is 0.612 bits per heavy atom. The first-order valence-electron chi connectivity index (χ1n) is 19.6. The number of carbonyl (C=O) groups excluding carboxylic acids is 2. The lowest BCUT2D eigenvalue weighted by molar-refractivity contribution is -0.870. The van der Waals surface area contributed by atoms with Crippen molar-refractivity contribution in [3.8, 4) is 0 Å². The third kappa shape index (κ3) is 36.1. The van der Waals surface area contributed by atoms with E-state index in [0.29, 0.717) is 17.4 Å². The van der Waals surface area contributed by atoms with Gasteiger partial charge in [0.25, 0.3) is 0 Å². The van der Waals surface area contributed by atoms with E-state index in [9.17, 15) is 19.0 Å². The van der Waals surface area contributed by atoms with Gasteiger partial charge < -0.3 is 18.9 Å². The molecule has 0 fully saturated rings. The van der Waals surface area contributed by atoms with Crippen LogP contribution in [0.15, 0.2) is 24.3 Å². The SMILES string of the molecule is CCC/C=C/CCCCCCCC(=O)O[C@H](COC(=O)CCCCCCC/C=C\CCCCCCCC)COP(=O)(O)OCC[N+](C)(C)C. The van der Waals surface area contributed by atoms with Crippen LogP contribution in [-0.4, -0.2) is 74.9 Å². The Hall–Kier alpha value is -1.51. The van der Waals surface area contributed by atoms with E-state index in [4.69, 9.17) is 18.5 Å². The van der Waals surface area contributed by atoms with E-state index in [1.807, 2.05) is 21.1 Å². The highest BCUT2D eigenvalue weighted by molar-refractivity contribution is 7.47. The van der Waals surface area contributed by atoms with Gasteiger partial charge in [0, 0.05) is 12.8 Å². The lowest BCUT2D eigenvalue weighted by atomic mass is 10.1. The van der Waals surface area contributed by atoms with Crippen molar-refractivity contribution in [1.82, 2.24) is 0 Å². The number of hydrogen-bond donors (Lipinski definition) is 1. The van der Waals surface area contributed by atoms with Crippen molar-refractivity contribution in [3.63, 3.8) is 0 Å². The van der Waals surface area contributed by atoms with Crippen LogP contribution >= 0.6 is 7.82 Å². The van der Waals surface area contributed by atoms with Crippen molar-refractivity contribution in [2.45, 2.75) is 168 Å². The van der Waals surface area contributed by atoms with Crippen molar-refractivity contribution >= 4 is 19.8 Å². The third-order valence-corrected chi connectivity index (χ3v) is 9.17. The maximum atomic E-state index is 12.6. The molecule has 0 rings (SSSR count). The largest absolute Gasteiger partial charge is 0.472 e. The molecule has 0 amide bonds. The highest BCUT2D eigenvalue weighted by atomic mass is 31.2. The normalized spacial score (nSPS) is 14.0. The van der Waals surface area contributed by atoms with Gasteiger partial charge in [0.15, 0.2) is 6.10 Å². The molecule has 0 heterocycles. The van der Waals surface area contributed by atoms with Crippen LogP contribution in [0.5, 0.6) is 0 Å². The van der Waals surface area contributed by atoms with E-state index in [1.54, 1.807) is 0 Å². The average Bonchev–Trinajstić information content (AvgIpc) is 3.04. The van der Waals surface area contributed by atoms with E-state index >= 15 is 0 Å². The van der Waals surface area contributed by atoms with Crippen LogP contribution in [0.2, 0.25) is 0 Å². The number of rotatable bonds is 35. The maximum absolute atomic E-state index is 12.6. The van der Waals surface area contributed by atoms with Gasteiger partial charge in [-0.05, 0) is 57.8 Å². The molecule has 10 heteroatoms. The Morgan fingerprint density at radius 2 is 1.08 bits per heavy atom. The predicted molar refractivity (Wildman–Crippen MR) is 201 cm³/mol. The van der Waals surface area contributed by atoms with Crippen molar-refractivity contribution < 1.29 is 42.1 Å². The minimum atomic E-state index is -4.37. The van der Waals surface area contributed by atoms with Crippen LogP contribution in [-0.2, 0) is 32.7 Å². The van der Waals surface area contributed by atoms with E-state index in [-0.39, 0.29) is 32.0 Å². The van der Waals surface area contributed by atoms with Gasteiger partial charge in [-0.2, -0.15) is 0 Å². The minimum absolute atomic E-state index is 0.0295. The summed E-state index contributed by atoms with van der Waals surface area (Å²) in [6.45, 7) is 4.32. The predicted octanol–water partition coefficient (Wildman–Crippen LogP) is 10.4. The second kappa shape index (κ2) is 32.4. The lowest BCUT2D eigenvalue weighted by Gasteiger charge is -2.24. The molecule has 0 aliphatic heterocycles. The van der Waals surface area contributed by atoms with Gasteiger partial charge in [0.2, 0.25) is 0 Å². The zero-order valence-corrected chi connectivity index (χ0v) is 33.1. The number of quaternary nitrogens is 1. The minimum Gasteiger partial charge on any atom is -0.462 e. The molecule has 0 spiro atoms. The van der Waals surface area contributed by atoms with Crippen LogP contribution < -0.4 is 0 Å². The molecule has 1 unspecified atom stereocenters. The molecule has 0 saturated carbocycles. The fourth-order valence-corrected chi connectivity index (χ4v) is 5.81. The molecule has 0 aromatic rings. The average molecular weight is 717 g/mol. The first-order chi connectivity index (χ1) is 23.5. The number of esters is 2. The molecule has 0 aliphatic rings. The molecule has 49 heavy (non-hydrogen) atoms. The van der Waals surface area contributed by atoms with Crippen LogP contribution in [0.4, 0.5) is 0 Å². The van der Waals surface area contributed by atoms with E-state index in [2.05, 4.69) is 38.2 Å². The summed E-state index contributed by atoms with van der Waals surface area (Å²) in [7, 11) is 1.46. The zero-order chi connectivity index (χ0) is 36.5. The number of allylic oxidation sites excluding steroid dienone is 4. The Morgan fingerprint density at radius 3 is 1.59 bits per heavy atom. The summed E-state index contributed by atoms with van der Waals surface area (Å²) in [5.74, 6) is -0.822. The van der Waals surface area contributed by atoms with Gasteiger partial charge in [-0.3, -0.25) is 18.6 Å². The third-order valence-electron chi connectivity index (χ3n) is 8.18. The molecule has 288 valence electrons. The summed E-state index contributed by atoms with van der Waals surface area (Å²) in [6, 6.07) is 0. The van der Waals surface area contributed by atoms with Crippen molar-refractivity contribution in [2.24, 2.45) is 0 Å². The summed E-state index contributed by atoms with van der Waals surface area (Å²) in [5.41, 5.74) is 0. The molecular weight excluding hydrogens is 641 g/mol. The molecule has 0 aromatic carbocycles. The summed E-state index contributed by atoms with van der Waals surface area (Å²) in [6.07, 6.45) is 32.3. The van der Waals surface area contributed by atoms with Gasteiger partial charge in [0.1, 0.15) is 19.8 Å². The highest BCUT2D eigenvalue weighted by Gasteiger charge is 2.27. The van der Waals surface area contributed by atoms with E-state index in [0.717, 1.165) is 77.0 Å². The quantitative estimate of drug-likeness (QED) is 0.0227. The Labute approximate surface area is 300 Å². The fourth-order valence-electron chi connectivity index (χ4n) is 5.07. The Balaban J connectivity index is 4.41. The molecule has 0 aromatic heterocycles. The number of phosphoric ester groups is 1. The van der Waals surface area contributed by atoms with Crippen molar-refractivity contribution in [3.05, 3.63) is 24.3 Å². The molecule has 1 N–H and O–H groups in total. The van der Waals surface area contributed by atoms with Gasteiger partial charge in [-0.1, -0.05) is 115 Å². The monoisotopic (exact) mass is 717 g/mol. The number of ether oxygens (including phenoxy) is 2. The number of nitrogens with zero attached hydrogens (tertiary/aromatic N) is 1. The lowest BCUT2D eigenvalue weighted by Crippen LogP contribution is -2.37. The molecular formula is C39H75NO8P+. The molecule has 0 saturated heterocycles. The van der Waals surface area contributed by atoms with Crippen LogP contribution in [0, 0.1) is 0 Å². The van der Waals surface area contributed by atoms with E-state index in [1.165, 1.54) is 51.4 Å². The number of carbonyl (C=O) groups is 2. The van der Waals surface area contributed by atoms with Crippen LogP contribution in [0.1, 0.15) is 162 Å². The smallest absolute Gasteiger partial charge is 0.462 e. The first kappa shape index (κ1) is 47.5. The number of likely N-dealkylation sites (N-methyl/N-ethyl adjacent to an activating group) is 1. The molecule has 0 aliphatic carbocycles. The van der Waals surface area contributed by atoms with Gasteiger partial charge >= 0.3 is 19.8 Å². The Bertz CT molecular complexity index is 902. The molecule has 0 radical (unpaired) electrons. The second-order valence-corrected chi connectivity index (χ2v) is 15.8. The van der Waals surface area contributed by atoms with Crippen molar-refractivity contribution in [2.75, 3.05) is 47.5 Å². The summed E-state index contributed by atoms with van der Waals surface area (Å²) in [5, 5.41) is 0. The maximum Gasteiger partial charge on any atom is 0.472 e. The second-order valence-electron chi connectivity index (χ2n) is 14.3. The first-order valence-corrected chi connectivity index (χ1v) is 21.1.